The molecule has 2 aromatic carbocycles. The third-order valence-electron chi connectivity index (χ3n) is 4.73. The van der Waals surface area contributed by atoms with Crippen molar-refractivity contribution in [1.82, 2.24) is 9.55 Å². The maximum atomic E-state index is 13.5. The van der Waals surface area contributed by atoms with Crippen LogP contribution in [0.1, 0.15) is 51.7 Å². The van der Waals surface area contributed by atoms with E-state index >= 15 is 0 Å². The van der Waals surface area contributed by atoms with E-state index in [0.717, 1.165) is 21.6 Å². The van der Waals surface area contributed by atoms with Gasteiger partial charge in [0, 0.05) is 17.7 Å². The van der Waals surface area contributed by atoms with Gasteiger partial charge in [-0.3, -0.25) is 4.79 Å². The molecule has 0 fully saturated rings. The molecule has 182 valence electrons. The number of carbonyl (C=O) groups excluding carboxylic acids is 1. The lowest BCUT2D eigenvalue weighted by molar-refractivity contribution is 0.0579. The highest BCUT2D eigenvalue weighted by Gasteiger charge is 2.28. The summed E-state index contributed by atoms with van der Waals surface area (Å²) < 4.78 is 60.3. The first kappa shape index (κ1) is 25.5. The molecule has 3 aromatic rings. The minimum Gasteiger partial charge on any atom is -0.443 e. The molecule has 0 aliphatic carbocycles. The van der Waals surface area contributed by atoms with Crippen molar-refractivity contribution in [3.05, 3.63) is 62.9 Å². The van der Waals surface area contributed by atoms with Crippen LogP contribution in [0.25, 0.3) is 16.6 Å². The molecule has 0 aliphatic heterocycles. The Morgan fingerprint density at radius 2 is 1.71 bits per heavy atom. The highest BCUT2D eigenvalue weighted by molar-refractivity contribution is 6.35. The smallest absolute Gasteiger partial charge is 0.417 e. The van der Waals surface area contributed by atoms with Gasteiger partial charge in [-0.2, -0.15) is 0 Å². The predicted molar refractivity (Wildman–Crippen MR) is 122 cm³/mol. The number of anilines is 1. The van der Waals surface area contributed by atoms with Crippen LogP contribution in [-0.2, 0) is 4.74 Å². The van der Waals surface area contributed by atoms with E-state index in [9.17, 15) is 27.2 Å². The van der Waals surface area contributed by atoms with Gasteiger partial charge in [-0.05, 0) is 58.0 Å². The van der Waals surface area contributed by atoms with Gasteiger partial charge in [0.25, 0.3) is 18.4 Å². The molecule has 0 N–H and O–H groups in total. The number of carbonyl (C=O) groups is 1. The number of nitrogens with zero attached hydrogens (tertiary/aromatic N) is 3. The largest absolute Gasteiger partial charge is 0.443 e. The Balaban J connectivity index is 2.41. The van der Waals surface area contributed by atoms with Gasteiger partial charge in [0.2, 0.25) is 5.95 Å². The van der Waals surface area contributed by atoms with Crippen LogP contribution in [0.4, 0.5) is 28.3 Å². The summed E-state index contributed by atoms with van der Waals surface area (Å²) in [6, 6.07) is 6.92. The topological polar surface area (TPSA) is 64.4 Å². The zero-order valence-electron chi connectivity index (χ0n) is 18.8. The summed E-state index contributed by atoms with van der Waals surface area (Å²) in [6.45, 7) is 6.48. The number of hydrogen-bond donors (Lipinski definition) is 0. The molecule has 11 heteroatoms. The van der Waals surface area contributed by atoms with Crippen molar-refractivity contribution < 1.29 is 27.1 Å². The summed E-state index contributed by atoms with van der Waals surface area (Å²) in [5, 5.41) is -0.0380. The average molecular weight is 500 g/mol. The van der Waals surface area contributed by atoms with E-state index in [1.807, 2.05) is 0 Å². The van der Waals surface area contributed by atoms with Crippen LogP contribution in [-0.4, -0.2) is 27.8 Å². The normalized spacial score (nSPS) is 12.0. The van der Waals surface area contributed by atoms with E-state index in [0.29, 0.717) is 6.07 Å². The Bertz CT molecular complexity index is 1260. The Labute approximate surface area is 197 Å². The fourth-order valence-corrected chi connectivity index (χ4v) is 3.55. The van der Waals surface area contributed by atoms with Gasteiger partial charge >= 0.3 is 6.09 Å². The molecule has 0 bridgehead atoms. The van der Waals surface area contributed by atoms with E-state index < -0.39 is 41.2 Å². The van der Waals surface area contributed by atoms with Crippen molar-refractivity contribution >= 4 is 34.5 Å². The standard InChI is InChI=1S/C23H22ClF4N3O3/c1-5-30(22(33)34-23(2,3)4)21-29-16-8-6-7-15(24)17(16)20(32)31(21)14-10-12(18(25)26)9-13(11-14)19(27)28/h6-11,18-19H,5H2,1-4H3. The maximum Gasteiger partial charge on any atom is 0.417 e. The number of amides is 1. The van der Waals surface area contributed by atoms with Crippen LogP contribution in [0.5, 0.6) is 0 Å². The first-order valence-corrected chi connectivity index (χ1v) is 10.6. The van der Waals surface area contributed by atoms with E-state index in [-0.39, 0.29) is 34.1 Å². The molecule has 0 atom stereocenters. The molecular formula is C23H22ClF4N3O3. The monoisotopic (exact) mass is 499 g/mol. The number of aromatic nitrogens is 2. The lowest BCUT2D eigenvalue weighted by Crippen LogP contribution is -2.40. The zero-order chi connectivity index (χ0) is 25.4. The van der Waals surface area contributed by atoms with Gasteiger partial charge in [-0.15, -0.1) is 0 Å². The minimum absolute atomic E-state index is 0.0229. The third-order valence-corrected chi connectivity index (χ3v) is 5.04. The highest BCUT2D eigenvalue weighted by atomic mass is 35.5. The number of rotatable bonds is 5. The first-order valence-electron chi connectivity index (χ1n) is 10.3. The fourth-order valence-electron chi connectivity index (χ4n) is 3.30. The molecule has 3 rings (SSSR count). The first-order chi connectivity index (χ1) is 15.8. The number of hydrogen-bond acceptors (Lipinski definition) is 4. The van der Waals surface area contributed by atoms with Crippen molar-refractivity contribution in [3.8, 4) is 5.69 Å². The Kier molecular flexibility index (Phi) is 7.21. The highest BCUT2D eigenvalue weighted by Crippen LogP contribution is 2.31. The summed E-state index contributed by atoms with van der Waals surface area (Å²) in [5.41, 5.74) is -3.34. The van der Waals surface area contributed by atoms with Crippen molar-refractivity contribution in [3.63, 3.8) is 0 Å². The van der Waals surface area contributed by atoms with E-state index in [1.54, 1.807) is 33.8 Å². The molecule has 0 spiro atoms. The van der Waals surface area contributed by atoms with Crippen LogP contribution in [0.2, 0.25) is 5.02 Å². The number of ether oxygens (including phenoxy) is 1. The van der Waals surface area contributed by atoms with E-state index in [4.69, 9.17) is 16.3 Å². The van der Waals surface area contributed by atoms with Crippen LogP contribution < -0.4 is 10.5 Å². The summed E-state index contributed by atoms with van der Waals surface area (Å²) in [5.74, 6) is -0.289. The summed E-state index contributed by atoms with van der Waals surface area (Å²) in [4.78, 5) is 31.9. The Morgan fingerprint density at radius 1 is 1.12 bits per heavy atom. The molecule has 34 heavy (non-hydrogen) atoms. The number of benzene rings is 2. The average Bonchev–Trinajstić information content (AvgIpc) is 2.72. The minimum atomic E-state index is -3.08. The third kappa shape index (κ3) is 5.16. The Morgan fingerprint density at radius 3 is 2.21 bits per heavy atom. The van der Waals surface area contributed by atoms with Crippen LogP contribution in [0.3, 0.4) is 0 Å². The molecule has 1 amide bonds. The fraction of sp³-hybridized carbons (Fsp3) is 0.348. The van der Waals surface area contributed by atoms with Crippen LogP contribution in [0.15, 0.2) is 41.2 Å². The molecule has 6 nitrogen and oxygen atoms in total. The SMILES string of the molecule is CCN(C(=O)OC(C)(C)C)c1nc2cccc(Cl)c2c(=O)n1-c1cc(C(F)F)cc(C(F)F)c1. The quantitative estimate of drug-likeness (QED) is 0.367. The van der Waals surface area contributed by atoms with E-state index in [1.165, 1.54) is 12.1 Å². The zero-order valence-corrected chi connectivity index (χ0v) is 19.5. The van der Waals surface area contributed by atoms with Gasteiger partial charge in [-0.25, -0.2) is 36.8 Å². The van der Waals surface area contributed by atoms with E-state index in [2.05, 4.69) is 4.98 Å². The van der Waals surface area contributed by atoms with Crippen molar-refractivity contribution in [2.24, 2.45) is 0 Å². The summed E-state index contributed by atoms with van der Waals surface area (Å²) in [6.07, 6.45) is -7.03. The van der Waals surface area contributed by atoms with Gasteiger partial charge in [0.1, 0.15) is 5.60 Å². The van der Waals surface area contributed by atoms with Gasteiger partial charge < -0.3 is 4.74 Å². The lowest BCUT2D eigenvalue weighted by atomic mass is 10.1. The van der Waals surface area contributed by atoms with Gasteiger partial charge in [-0.1, -0.05) is 17.7 Å². The molecule has 1 aromatic heterocycles. The Hall–Kier alpha value is -3.14. The summed E-state index contributed by atoms with van der Waals surface area (Å²) >= 11 is 6.20. The predicted octanol–water partition coefficient (Wildman–Crippen LogP) is 6.68. The molecule has 0 saturated heterocycles. The number of halogens is 5. The van der Waals surface area contributed by atoms with Crippen molar-refractivity contribution in [2.45, 2.75) is 46.1 Å². The van der Waals surface area contributed by atoms with Crippen molar-refractivity contribution in [2.75, 3.05) is 11.4 Å². The number of fused-ring (bicyclic) bond motifs is 1. The number of alkyl halides is 4. The second-order valence-corrected chi connectivity index (χ2v) is 8.78. The van der Waals surface area contributed by atoms with Crippen LogP contribution in [0, 0.1) is 0 Å². The molecular weight excluding hydrogens is 478 g/mol. The van der Waals surface area contributed by atoms with Gasteiger partial charge in [0.15, 0.2) is 0 Å². The molecule has 0 unspecified atom stereocenters. The second-order valence-electron chi connectivity index (χ2n) is 8.37. The molecule has 0 saturated carbocycles. The van der Waals surface area contributed by atoms with Crippen LogP contribution >= 0.6 is 11.6 Å². The molecule has 1 heterocycles. The molecule has 0 aliphatic rings. The van der Waals surface area contributed by atoms with Crippen molar-refractivity contribution in [1.29, 1.82) is 0 Å². The lowest BCUT2D eigenvalue weighted by Gasteiger charge is -2.28. The maximum absolute atomic E-state index is 13.5. The second kappa shape index (κ2) is 9.61. The molecule has 0 radical (unpaired) electrons. The summed E-state index contributed by atoms with van der Waals surface area (Å²) in [7, 11) is 0. The van der Waals surface area contributed by atoms with Gasteiger partial charge in [0.05, 0.1) is 21.6 Å².